The van der Waals surface area contributed by atoms with Crippen LogP contribution in [-0.2, 0) is 52.7 Å². The fourth-order valence-corrected chi connectivity index (χ4v) is 6.30. The van der Waals surface area contributed by atoms with Crippen molar-refractivity contribution in [1.29, 1.82) is 0 Å². The first-order valence-electron chi connectivity index (χ1n) is 12.0. The number of carbonyl (C=O) groups excluding carboxylic acids is 2. The lowest BCUT2D eigenvalue weighted by molar-refractivity contribution is -0.0465. The van der Waals surface area contributed by atoms with Gasteiger partial charge in [-0.1, -0.05) is 6.07 Å². The van der Waals surface area contributed by atoms with Crippen molar-refractivity contribution in [3.05, 3.63) is 42.7 Å². The summed E-state index contributed by atoms with van der Waals surface area (Å²) in [6.07, 6.45) is 2.09. The standard InChI is InChI=1S/C21H24N6O12P2/c1-14(34-13-40(30)36-11-32-20(28)38-21(29)33-12-37-40)8-27-10-25-17-18(23-9-24-19(17)27)26-41(31)35-6-4-16(39-41)15-3-2-5-22-7-15/h2-3,5,7,9-10,14,16H,4,6,8,11-13H2,1H3,(H,23,24,26,31)/t14-,16?,41?/m1/s1. The maximum atomic E-state index is 13.4. The first-order chi connectivity index (χ1) is 19.7. The summed E-state index contributed by atoms with van der Waals surface area (Å²) < 4.78 is 67.8. The summed E-state index contributed by atoms with van der Waals surface area (Å²) in [5, 5.41) is 2.75. The summed E-state index contributed by atoms with van der Waals surface area (Å²) in [4.78, 5) is 39.3. The van der Waals surface area contributed by atoms with E-state index in [2.05, 4.69) is 39.2 Å². The largest absolute Gasteiger partial charge is 0.520 e. The molecule has 0 aromatic carbocycles. The van der Waals surface area contributed by atoms with Gasteiger partial charge in [0.15, 0.2) is 17.0 Å². The van der Waals surface area contributed by atoms with E-state index < -0.39 is 59.8 Å². The Morgan fingerprint density at radius 1 is 1.12 bits per heavy atom. The second kappa shape index (κ2) is 12.6. The van der Waals surface area contributed by atoms with Gasteiger partial charge in [-0.15, -0.1) is 0 Å². The molecule has 41 heavy (non-hydrogen) atoms. The number of hydrogen-bond acceptors (Lipinski definition) is 16. The van der Waals surface area contributed by atoms with Gasteiger partial charge < -0.3 is 23.5 Å². The Bertz CT molecular complexity index is 1470. The summed E-state index contributed by atoms with van der Waals surface area (Å²) >= 11 is 0. The first kappa shape index (κ1) is 29.0. The van der Waals surface area contributed by atoms with Gasteiger partial charge >= 0.3 is 27.7 Å². The number of imidazole rings is 1. The molecule has 0 saturated carbocycles. The predicted octanol–water partition coefficient (Wildman–Crippen LogP) is 3.73. The fraction of sp³-hybridized carbons (Fsp3) is 0.429. The molecule has 2 aliphatic heterocycles. The van der Waals surface area contributed by atoms with Gasteiger partial charge in [-0.2, -0.15) is 0 Å². The number of carbonyl (C=O) groups is 2. The molecular weight excluding hydrogens is 590 g/mol. The van der Waals surface area contributed by atoms with E-state index in [-0.39, 0.29) is 19.0 Å². The van der Waals surface area contributed by atoms with Crippen LogP contribution in [0.25, 0.3) is 11.2 Å². The van der Waals surface area contributed by atoms with Crippen LogP contribution in [0.5, 0.6) is 0 Å². The van der Waals surface area contributed by atoms with Gasteiger partial charge in [-0.25, -0.2) is 29.1 Å². The quantitative estimate of drug-likeness (QED) is 0.217. The molecule has 2 aliphatic rings. The number of cyclic esters (lactones) is 4. The Hall–Kier alpha value is -3.50. The minimum Gasteiger partial charge on any atom is -0.406 e. The second-order valence-corrected chi connectivity index (χ2v) is 12.2. The van der Waals surface area contributed by atoms with E-state index in [0.717, 1.165) is 5.56 Å². The van der Waals surface area contributed by atoms with Gasteiger partial charge in [0, 0.05) is 18.8 Å². The van der Waals surface area contributed by atoms with Crippen molar-refractivity contribution >= 4 is 44.6 Å². The van der Waals surface area contributed by atoms with Crippen molar-refractivity contribution in [2.75, 3.05) is 31.6 Å². The lowest BCUT2D eigenvalue weighted by atomic mass is 10.1. The molecule has 1 N–H and O–H groups in total. The number of aromatic nitrogens is 5. The van der Waals surface area contributed by atoms with Gasteiger partial charge in [-0.3, -0.25) is 32.7 Å². The molecule has 2 saturated heterocycles. The third-order valence-corrected chi connectivity index (χ3v) is 8.60. The summed E-state index contributed by atoms with van der Waals surface area (Å²) in [7, 11) is -7.80. The highest BCUT2D eigenvalue weighted by Gasteiger charge is 2.36. The summed E-state index contributed by atoms with van der Waals surface area (Å²) in [5.41, 5.74) is 1.44. The fourth-order valence-electron chi connectivity index (χ4n) is 3.71. The van der Waals surface area contributed by atoms with Crippen molar-refractivity contribution in [2.45, 2.75) is 32.1 Å². The third-order valence-electron chi connectivity index (χ3n) is 5.60. The van der Waals surface area contributed by atoms with Crippen LogP contribution in [0.4, 0.5) is 15.4 Å². The third kappa shape index (κ3) is 7.42. The number of hydrogen-bond donors (Lipinski definition) is 1. The SMILES string of the molecule is C[C@H](Cn1cnc2c(NP3(=O)OCCC(c4cccnc4)O3)ncnc21)OCP1(=O)OCOC(=O)OC(=O)OCO1. The maximum Gasteiger partial charge on any atom is 0.520 e. The Morgan fingerprint density at radius 2 is 1.90 bits per heavy atom. The Morgan fingerprint density at radius 3 is 2.63 bits per heavy atom. The van der Waals surface area contributed by atoms with Gasteiger partial charge in [-0.05, 0) is 18.6 Å². The Balaban J connectivity index is 1.22. The van der Waals surface area contributed by atoms with Crippen molar-refractivity contribution in [3.8, 4) is 0 Å². The van der Waals surface area contributed by atoms with Crippen LogP contribution in [0.1, 0.15) is 25.0 Å². The number of ether oxygens (including phenoxy) is 4. The van der Waals surface area contributed by atoms with Gasteiger partial charge in [0.25, 0.3) is 0 Å². The maximum absolute atomic E-state index is 13.4. The molecule has 5 heterocycles. The predicted molar refractivity (Wildman–Crippen MR) is 134 cm³/mol. The topological polar surface area (TPSA) is 211 Å². The van der Waals surface area contributed by atoms with E-state index in [4.69, 9.17) is 22.8 Å². The molecule has 20 heteroatoms. The highest BCUT2D eigenvalue weighted by atomic mass is 31.2. The first-order valence-corrected chi connectivity index (χ1v) is 15.3. The molecular formula is C21H24N6O12P2. The normalized spacial score (nSPS) is 24.1. The number of nitrogens with one attached hydrogen (secondary N) is 1. The number of rotatable bonds is 8. The lowest BCUT2D eigenvalue weighted by Crippen LogP contribution is -2.22. The molecule has 0 spiro atoms. The van der Waals surface area contributed by atoms with Crippen molar-refractivity contribution in [2.24, 2.45) is 0 Å². The summed E-state index contributed by atoms with van der Waals surface area (Å²) in [5.74, 6) is 0.137. The van der Waals surface area contributed by atoms with E-state index in [0.29, 0.717) is 17.6 Å². The van der Waals surface area contributed by atoms with Crippen molar-refractivity contribution < 1.29 is 55.8 Å². The van der Waals surface area contributed by atoms with Crippen LogP contribution in [0.15, 0.2) is 37.2 Å². The van der Waals surface area contributed by atoms with Gasteiger partial charge in [0.05, 0.1) is 31.7 Å². The molecule has 0 aliphatic carbocycles. The highest BCUT2D eigenvalue weighted by molar-refractivity contribution is 7.55. The van der Waals surface area contributed by atoms with Crippen LogP contribution < -0.4 is 5.09 Å². The van der Waals surface area contributed by atoms with Gasteiger partial charge in [0.2, 0.25) is 13.6 Å². The molecule has 2 fully saturated rings. The molecule has 220 valence electrons. The van der Waals surface area contributed by atoms with Crippen LogP contribution in [0, 0.1) is 0 Å². The van der Waals surface area contributed by atoms with Crippen molar-refractivity contribution in [1.82, 2.24) is 24.5 Å². The monoisotopic (exact) mass is 614 g/mol. The van der Waals surface area contributed by atoms with E-state index in [1.807, 2.05) is 6.07 Å². The zero-order valence-electron chi connectivity index (χ0n) is 21.4. The second-order valence-electron chi connectivity index (χ2n) is 8.50. The number of fused-ring (bicyclic) bond motifs is 1. The lowest BCUT2D eigenvalue weighted by Gasteiger charge is -2.29. The molecule has 0 bridgehead atoms. The number of anilines is 1. The van der Waals surface area contributed by atoms with E-state index in [1.54, 1.807) is 30.0 Å². The molecule has 3 aromatic rings. The Labute approximate surface area is 231 Å². The van der Waals surface area contributed by atoms with Gasteiger partial charge in [0.1, 0.15) is 12.7 Å². The average Bonchev–Trinajstić information content (AvgIpc) is 3.35. The smallest absolute Gasteiger partial charge is 0.406 e. The molecule has 2 unspecified atom stereocenters. The van der Waals surface area contributed by atoms with E-state index in [1.165, 1.54) is 12.7 Å². The molecule has 0 amide bonds. The Kier molecular flexibility index (Phi) is 8.89. The van der Waals surface area contributed by atoms with Crippen LogP contribution in [0.2, 0.25) is 0 Å². The minimum atomic E-state index is -4.00. The minimum absolute atomic E-state index is 0.137. The summed E-state index contributed by atoms with van der Waals surface area (Å²) in [6, 6.07) is 3.59. The van der Waals surface area contributed by atoms with Crippen LogP contribution >= 0.6 is 15.3 Å². The van der Waals surface area contributed by atoms with Crippen molar-refractivity contribution in [3.63, 3.8) is 0 Å². The van der Waals surface area contributed by atoms with E-state index >= 15 is 0 Å². The van der Waals surface area contributed by atoms with Crippen LogP contribution in [-0.4, -0.2) is 69.5 Å². The highest BCUT2D eigenvalue weighted by Crippen LogP contribution is 2.55. The molecule has 3 atom stereocenters. The number of nitrogens with zero attached hydrogens (tertiary/aromatic N) is 5. The molecule has 5 rings (SSSR count). The zero-order chi connectivity index (χ0) is 28.9. The number of pyridine rings is 1. The molecule has 18 nitrogen and oxygen atoms in total. The zero-order valence-corrected chi connectivity index (χ0v) is 23.2. The van der Waals surface area contributed by atoms with Crippen LogP contribution in [0.3, 0.4) is 0 Å². The molecule has 0 radical (unpaired) electrons. The van der Waals surface area contributed by atoms with E-state index in [9.17, 15) is 18.7 Å². The average molecular weight is 614 g/mol. The summed E-state index contributed by atoms with van der Waals surface area (Å²) in [6.45, 7) is 0.435. The molecule has 3 aromatic heterocycles.